The van der Waals surface area contributed by atoms with Gasteiger partial charge in [0.05, 0.1) is 12.7 Å². The molecule has 1 aromatic carbocycles. The molecular weight excluding hydrogens is 221 g/mol. The molecule has 0 aromatic heterocycles. The van der Waals surface area contributed by atoms with Gasteiger partial charge in [0.1, 0.15) is 5.82 Å². The molecule has 0 saturated carbocycles. The third-order valence-electron chi connectivity index (χ3n) is 2.76. The Morgan fingerprint density at radius 2 is 1.82 bits per heavy atom. The van der Waals surface area contributed by atoms with Crippen molar-refractivity contribution in [1.82, 2.24) is 5.32 Å². The number of nitrogens with one attached hydrogen (secondary N) is 1. The SMILES string of the molecule is CC(C)C(NCCO)C(O)c1ccc(F)cc1. The van der Waals surface area contributed by atoms with Gasteiger partial charge in [0.2, 0.25) is 0 Å². The monoisotopic (exact) mass is 241 g/mol. The molecule has 2 atom stereocenters. The third-order valence-corrected chi connectivity index (χ3v) is 2.76. The minimum atomic E-state index is -0.706. The highest BCUT2D eigenvalue weighted by Gasteiger charge is 2.23. The van der Waals surface area contributed by atoms with Gasteiger partial charge in [-0.05, 0) is 23.6 Å². The predicted octanol–water partition coefficient (Wildman–Crippen LogP) is 1.47. The van der Waals surface area contributed by atoms with Crippen molar-refractivity contribution in [3.8, 4) is 0 Å². The Balaban J connectivity index is 2.76. The molecule has 3 nitrogen and oxygen atoms in total. The van der Waals surface area contributed by atoms with Crippen molar-refractivity contribution in [2.75, 3.05) is 13.2 Å². The van der Waals surface area contributed by atoms with Gasteiger partial charge in [0.25, 0.3) is 0 Å². The highest BCUT2D eigenvalue weighted by atomic mass is 19.1. The van der Waals surface area contributed by atoms with Crippen LogP contribution < -0.4 is 5.32 Å². The lowest BCUT2D eigenvalue weighted by Gasteiger charge is -2.27. The van der Waals surface area contributed by atoms with Crippen LogP contribution in [0.3, 0.4) is 0 Å². The van der Waals surface area contributed by atoms with Crippen LogP contribution in [-0.4, -0.2) is 29.4 Å². The molecule has 0 fully saturated rings. The first-order valence-corrected chi connectivity index (χ1v) is 5.84. The lowest BCUT2D eigenvalue weighted by Crippen LogP contribution is -2.40. The standard InChI is InChI=1S/C13H20FNO2/c1-9(2)12(15-7-8-16)13(17)10-3-5-11(14)6-4-10/h3-6,9,12-13,15-17H,7-8H2,1-2H3. The quantitative estimate of drug-likeness (QED) is 0.707. The Hall–Kier alpha value is -0.970. The van der Waals surface area contributed by atoms with E-state index in [0.717, 1.165) is 0 Å². The Kier molecular flexibility index (Phi) is 5.55. The minimum Gasteiger partial charge on any atom is -0.395 e. The molecule has 1 aromatic rings. The third kappa shape index (κ3) is 4.07. The maximum absolute atomic E-state index is 12.8. The van der Waals surface area contributed by atoms with Crippen molar-refractivity contribution in [2.24, 2.45) is 5.92 Å². The number of benzene rings is 1. The predicted molar refractivity (Wildman–Crippen MR) is 65.1 cm³/mol. The van der Waals surface area contributed by atoms with Crippen LogP contribution in [0.25, 0.3) is 0 Å². The van der Waals surface area contributed by atoms with Crippen LogP contribution in [0.2, 0.25) is 0 Å². The first-order chi connectivity index (χ1) is 8.06. The van der Waals surface area contributed by atoms with Gasteiger partial charge < -0.3 is 15.5 Å². The second-order valence-corrected chi connectivity index (χ2v) is 4.44. The smallest absolute Gasteiger partial charge is 0.123 e. The van der Waals surface area contributed by atoms with Crippen LogP contribution in [0.1, 0.15) is 25.5 Å². The fraction of sp³-hybridized carbons (Fsp3) is 0.538. The zero-order valence-electron chi connectivity index (χ0n) is 10.2. The highest BCUT2D eigenvalue weighted by Crippen LogP contribution is 2.22. The second kappa shape index (κ2) is 6.69. The minimum absolute atomic E-state index is 0.0271. The van der Waals surface area contributed by atoms with E-state index in [2.05, 4.69) is 5.32 Å². The zero-order chi connectivity index (χ0) is 12.8. The molecule has 3 N–H and O–H groups in total. The van der Waals surface area contributed by atoms with E-state index in [1.807, 2.05) is 13.8 Å². The fourth-order valence-corrected chi connectivity index (χ4v) is 1.81. The van der Waals surface area contributed by atoms with Crippen molar-refractivity contribution in [3.63, 3.8) is 0 Å². The average Bonchev–Trinajstić information content (AvgIpc) is 2.29. The normalized spacial score (nSPS) is 14.9. The number of aliphatic hydroxyl groups is 2. The summed E-state index contributed by atoms with van der Waals surface area (Å²) in [5.41, 5.74) is 0.676. The summed E-state index contributed by atoms with van der Waals surface area (Å²) in [6, 6.07) is 5.67. The van der Waals surface area contributed by atoms with E-state index < -0.39 is 6.10 Å². The molecule has 96 valence electrons. The van der Waals surface area contributed by atoms with E-state index in [9.17, 15) is 9.50 Å². The van der Waals surface area contributed by atoms with Crippen LogP contribution in [0, 0.1) is 11.7 Å². The summed E-state index contributed by atoms with van der Waals surface area (Å²) in [5.74, 6) is -0.105. The molecule has 0 bridgehead atoms. The van der Waals surface area contributed by atoms with Crippen molar-refractivity contribution in [2.45, 2.75) is 26.0 Å². The molecule has 0 aliphatic rings. The van der Waals surface area contributed by atoms with Crippen molar-refractivity contribution < 1.29 is 14.6 Å². The van der Waals surface area contributed by atoms with Gasteiger partial charge >= 0.3 is 0 Å². The molecule has 17 heavy (non-hydrogen) atoms. The van der Waals surface area contributed by atoms with E-state index in [1.165, 1.54) is 12.1 Å². The van der Waals surface area contributed by atoms with Gasteiger partial charge in [-0.3, -0.25) is 0 Å². The summed E-state index contributed by atoms with van der Waals surface area (Å²) in [5, 5.41) is 22.1. The lowest BCUT2D eigenvalue weighted by atomic mass is 9.93. The molecule has 0 radical (unpaired) electrons. The molecule has 0 spiro atoms. The van der Waals surface area contributed by atoms with Crippen LogP contribution in [0.15, 0.2) is 24.3 Å². The van der Waals surface area contributed by atoms with Gasteiger partial charge in [-0.25, -0.2) is 4.39 Å². The maximum atomic E-state index is 12.8. The van der Waals surface area contributed by atoms with E-state index >= 15 is 0 Å². The fourth-order valence-electron chi connectivity index (χ4n) is 1.81. The van der Waals surface area contributed by atoms with Crippen LogP contribution in [0.4, 0.5) is 4.39 Å². The zero-order valence-corrected chi connectivity index (χ0v) is 10.2. The summed E-state index contributed by atoms with van der Waals surface area (Å²) < 4.78 is 12.8. The Morgan fingerprint density at radius 1 is 1.24 bits per heavy atom. The molecule has 0 aliphatic carbocycles. The Bertz CT molecular complexity index is 327. The lowest BCUT2D eigenvalue weighted by molar-refractivity contribution is 0.101. The summed E-state index contributed by atoms with van der Waals surface area (Å²) in [7, 11) is 0. The van der Waals surface area contributed by atoms with E-state index in [1.54, 1.807) is 12.1 Å². The molecule has 4 heteroatoms. The highest BCUT2D eigenvalue weighted by molar-refractivity contribution is 5.20. The van der Waals surface area contributed by atoms with Gasteiger partial charge in [-0.1, -0.05) is 26.0 Å². The molecule has 0 amide bonds. The summed E-state index contributed by atoms with van der Waals surface area (Å²) in [4.78, 5) is 0. The topological polar surface area (TPSA) is 52.5 Å². The van der Waals surface area contributed by atoms with E-state index in [-0.39, 0.29) is 24.4 Å². The molecule has 0 saturated heterocycles. The first-order valence-electron chi connectivity index (χ1n) is 5.84. The number of hydrogen-bond acceptors (Lipinski definition) is 3. The van der Waals surface area contributed by atoms with E-state index in [0.29, 0.717) is 12.1 Å². The van der Waals surface area contributed by atoms with Gasteiger partial charge in [-0.2, -0.15) is 0 Å². The van der Waals surface area contributed by atoms with Crippen LogP contribution in [0.5, 0.6) is 0 Å². The van der Waals surface area contributed by atoms with Gasteiger partial charge in [-0.15, -0.1) is 0 Å². The number of aliphatic hydroxyl groups excluding tert-OH is 2. The van der Waals surface area contributed by atoms with Crippen LogP contribution >= 0.6 is 0 Å². The molecular formula is C13H20FNO2. The van der Waals surface area contributed by atoms with Crippen molar-refractivity contribution >= 4 is 0 Å². The second-order valence-electron chi connectivity index (χ2n) is 4.44. The number of rotatable bonds is 6. The van der Waals surface area contributed by atoms with Crippen molar-refractivity contribution in [1.29, 1.82) is 0 Å². The molecule has 2 unspecified atom stereocenters. The maximum Gasteiger partial charge on any atom is 0.123 e. The van der Waals surface area contributed by atoms with Gasteiger partial charge in [0, 0.05) is 12.6 Å². The molecule has 0 heterocycles. The van der Waals surface area contributed by atoms with Crippen LogP contribution in [-0.2, 0) is 0 Å². The number of hydrogen-bond donors (Lipinski definition) is 3. The summed E-state index contributed by atoms with van der Waals surface area (Å²) >= 11 is 0. The molecule has 1 rings (SSSR count). The van der Waals surface area contributed by atoms with Gasteiger partial charge in [0.15, 0.2) is 0 Å². The van der Waals surface area contributed by atoms with E-state index in [4.69, 9.17) is 5.11 Å². The van der Waals surface area contributed by atoms with Crippen molar-refractivity contribution in [3.05, 3.63) is 35.6 Å². The number of halogens is 1. The largest absolute Gasteiger partial charge is 0.395 e. The Labute approximate surface area is 101 Å². The summed E-state index contributed by atoms with van der Waals surface area (Å²) in [6.45, 7) is 4.43. The molecule has 0 aliphatic heterocycles. The summed E-state index contributed by atoms with van der Waals surface area (Å²) in [6.07, 6.45) is -0.706. The Morgan fingerprint density at radius 3 is 2.29 bits per heavy atom. The average molecular weight is 241 g/mol. The first kappa shape index (κ1) is 14.1.